The molecule has 0 unspecified atom stereocenters. The zero-order chi connectivity index (χ0) is 15.8. The van der Waals surface area contributed by atoms with Gasteiger partial charge in [0.25, 0.3) is 0 Å². The van der Waals surface area contributed by atoms with Gasteiger partial charge in [-0.15, -0.1) is 0 Å². The lowest BCUT2D eigenvalue weighted by Gasteiger charge is -2.17. The molecule has 21 heavy (non-hydrogen) atoms. The Labute approximate surface area is 125 Å². The lowest BCUT2D eigenvalue weighted by atomic mass is 10.1. The van der Waals surface area contributed by atoms with Crippen molar-refractivity contribution < 1.29 is 14.3 Å². The summed E-state index contributed by atoms with van der Waals surface area (Å²) in [7, 11) is 0. The highest BCUT2D eigenvalue weighted by atomic mass is 16.5. The molecule has 0 fully saturated rings. The van der Waals surface area contributed by atoms with E-state index in [0.717, 1.165) is 5.56 Å². The van der Waals surface area contributed by atoms with E-state index in [1.165, 1.54) is 0 Å². The monoisotopic (exact) mass is 292 g/mol. The smallest absolute Gasteiger partial charge is 0.328 e. The van der Waals surface area contributed by atoms with Crippen LogP contribution in [0, 0.1) is 5.92 Å². The Morgan fingerprint density at radius 1 is 1.19 bits per heavy atom. The molecule has 0 aromatic heterocycles. The lowest BCUT2D eigenvalue weighted by molar-refractivity contribution is -0.148. The van der Waals surface area contributed by atoms with E-state index in [-0.39, 0.29) is 11.8 Å². The zero-order valence-electron chi connectivity index (χ0n) is 12.8. The largest absolute Gasteiger partial charge is 0.464 e. The average Bonchev–Trinajstić information content (AvgIpc) is 2.45. The summed E-state index contributed by atoms with van der Waals surface area (Å²) in [6.07, 6.45) is 0.431. The first-order valence-electron chi connectivity index (χ1n) is 7.16. The van der Waals surface area contributed by atoms with Gasteiger partial charge in [0.1, 0.15) is 6.04 Å². The summed E-state index contributed by atoms with van der Waals surface area (Å²) in [6.45, 7) is 5.84. The van der Waals surface area contributed by atoms with E-state index in [1.54, 1.807) is 6.92 Å². The molecule has 5 heteroatoms. The zero-order valence-corrected chi connectivity index (χ0v) is 12.8. The van der Waals surface area contributed by atoms with Gasteiger partial charge >= 0.3 is 5.97 Å². The maximum atomic E-state index is 12.0. The molecule has 5 nitrogen and oxygen atoms in total. The minimum absolute atomic E-state index is 0.261. The number of rotatable bonds is 7. The molecule has 3 N–H and O–H groups in total. The van der Waals surface area contributed by atoms with Gasteiger partial charge in [0.15, 0.2) is 0 Å². The lowest BCUT2D eigenvalue weighted by Crippen LogP contribution is -2.48. The van der Waals surface area contributed by atoms with Crippen molar-refractivity contribution in [2.24, 2.45) is 11.7 Å². The van der Waals surface area contributed by atoms with Crippen molar-refractivity contribution in [3.8, 4) is 0 Å². The van der Waals surface area contributed by atoms with Crippen LogP contribution in [-0.2, 0) is 20.7 Å². The molecule has 0 radical (unpaired) electrons. The minimum Gasteiger partial charge on any atom is -0.464 e. The standard InChI is InChI=1S/C16H24N2O3/c1-11(2)10-21-16(20)12(3)18-15(19)14(17)9-13-7-5-4-6-8-13/h4-8,11-12,14H,9-10,17H2,1-3H3,(H,18,19)/t12-,14-/m0/s1. The van der Waals surface area contributed by atoms with Gasteiger partial charge in [-0.25, -0.2) is 4.79 Å². The molecule has 0 aliphatic heterocycles. The molecule has 0 spiro atoms. The Hall–Kier alpha value is -1.88. The molecule has 1 aromatic carbocycles. The Balaban J connectivity index is 2.42. The van der Waals surface area contributed by atoms with Gasteiger partial charge < -0.3 is 15.8 Å². The Morgan fingerprint density at radius 2 is 1.81 bits per heavy atom. The molecule has 0 heterocycles. The van der Waals surface area contributed by atoms with Crippen molar-refractivity contribution in [3.63, 3.8) is 0 Å². The van der Waals surface area contributed by atoms with E-state index in [9.17, 15) is 9.59 Å². The topological polar surface area (TPSA) is 81.4 Å². The summed E-state index contributed by atoms with van der Waals surface area (Å²) in [5.41, 5.74) is 6.84. The highest BCUT2D eigenvalue weighted by Crippen LogP contribution is 2.02. The SMILES string of the molecule is CC(C)COC(=O)[C@H](C)NC(=O)[C@@H](N)Cc1ccccc1. The fourth-order valence-corrected chi connectivity index (χ4v) is 1.71. The molecular weight excluding hydrogens is 268 g/mol. The highest BCUT2D eigenvalue weighted by molar-refractivity contribution is 5.87. The second-order valence-electron chi connectivity index (χ2n) is 5.55. The van der Waals surface area contributed by atoms with E-state index in [0.29, 0.717) is 13.0 Å². The number of hydrogen-bond donors (Lipinski definition) is 2. The van der Waals surface area contributed by atoms with Crippen LogP contribution in [0.25, 0.3) is 0 Å². The fraction of sp³-hybridized carbons (Fsp3) is 0.500. The summed E-state index contributed by atoms with van der Waals surface area (Å²) in [6, 6.07) is 8.13. The van der Waals surface area contributed by atoms with E-state index >= 15 is 0 Å². The van der Waals surface area contributed by atoms with Crippen molar-refractivity contribution in [3.05, 3.63) is 35.9 Å². The number of esters is 1. The van der Waals surface area contributed by atoms with Crippen LogP contribution in [0.3, 0.4) is 0 Å². The fourth-order valence-electron chi connectivity index (χ4n) is 1.71. The van der Waals surface area contributed by atoms with Gasteiger partial charge in [0.05, 0.1) is 12.6 Å². The number of nitrogens with two attached hydrogens (primary N) is 1. The first-order chi connectivity index (χ1) is 9.90. The molecule has 0 saturated heterocycles. The van der Waals surface area contributed by atoms with Crippen LogP contribution < -0.4 is 11.1 Å². The molecule has 1 amide bonds. The Bertz CT molecular complexity index is 460. The maximum Gasteiger partial charge on any atom is 0.328 e. The van der Waals surface area contributed by atoms with Crippen LogP contribution in [0.4, 0.5) is 0 Å². The average molecular weight is 292 g/mol. The van der Waals surface area contributed by atoms with E-state index in [1.807, 2.05) is 44.2 Å². The second-order valence-corrected chi connectivity index (χ2v) is 5.55. The van der Waals surface area contributed by atoms with Gasteiger partial charge in [-0.1, -0.05) is 44.2 Å². The molecule has 1 rings (SSSR count). The van der Waals surface area contributed by atoms with Crippen LogP contribution in [-0.4, -0.2) is 30.6 Å². The second kappa shape index (κ2) is 8.42. The third-order valence-electron chi connectivity index (χ3n) is 2.91. The Kier molecular flexibility index (Phi) is 6.88. The molecule has 116 valence electrons. The van der Waals surface area contributed by atoms with Gasteiger partial charge in [-0.3, -0.25) is 4.79 Å². The van der Waals surface area contributed by atoms with Gasteiger partial charge in [-0.2, -0.15) is 0 Å². The van der Waals surface area contributed by atoms with Crippen molar-refractivity contribution in [2.45, 2.75) is 39.3 Å². The molecule has 0 aliphatic carbocycles. The third-order valence-corrected chi connectivity index (χ3v) is 2.91. The van der Waals surface area contributed by atoms with Crippen LogP contribution in [0.5, 0.6) is 0 Å². The van der Waals surface area contributed by atoms with Crippen LogP contribution in [0.1, 0.15) is 26.3 Å². The van der Waals surface area contributed by atoms with Crippen LogP contribution >= 0.6 is 0 Å². The van der Waals surface area contributed by atoms with E-state index in [2.05, 4.69) is 5.32 Å². The van der Waals surface area contributed by atoms with E-state index < -0.39 is 18.1 Å². The molecule has 2 atom stereocenters. The minimum atomic E-state index is -0.696. The van der Waals surface area contributed by atoms with Gasteiger partial charge in [-0.05, 0) is 24.8 Å². The predicted molar refractivity (Wildman–Crippen MR) is 81.5 cm³/mol. The van der Waals surface area contributed by atoms with Gasteiger partial charge in [0, 0.05) is 0 Å². The predicted octanol–water partition coefficient (Wildman–Crippen LogP) is 1.26. The normalized spacial score (nSPS) is 13.6. The number of hydrogen-bond acceptors (Lipinski definition) is 4. The van der Waals surface area contributed by atoms with E-state index in [4.69, 9.17) is 10.5 Å². The number of nitrogens with one attached hydrogen (secondary N) is 1. The summed E-state index contributed by atoms with van der Waals surface area (Å²) in [5.74, 6) is -0.533. The number of amides is 1. The molecule has 0 saturated carbocycles. The van der Waals surface area contributed by atoms with Crippen LogP contribution in [0.2, 0.25) is 0 Å². The Morgan fingerprint density at radius 3 is 2.38 bits per heavy atom. The third kappa shape index (κ3) is 6.40. The van der Waals surface area contributed by atoms with Crippen molar-refractivity contribution in [2.75, 3.05) is 6.61 Å². The quantitative estimate of drug-likeness (QED) is 0.741. The number of ether oxygens (including phenoxy) is 1. The number of carbonyl (C=O) groups excluding carboxylic acids is 2. The molecular formula is C16H24N2O3. The van der Waals surface area contributed by atoms with Crippen LogP contribution in [0.15, 0.2) is 30.3 Å². The molecule has 1 aromatic rings. The van der Waals surface area contributed by atoms with Gasteiger partial charge in [0.2, 0.25) is 5.91 Å². The number of carbonyl (C=O) groups is 2. The number of benzene rings is 1. The van der Waals surface area contributed by atoms with Crippen molar-refractivity contribution in [1.82, 2.24) is 5.32 Å². The maximum absolute atomic E-state index is 12.0. The van der Waals surface area contributed by atoms with Crippen molar-refractivity contribution >= 4 is 11.9 Å². The first kappa shape index (κ1) is 17.2. The molecule has 0 aliphatic rings. The summed E-state index contributed by atoms with van der Waals surface area (Å²) >= 11 is 0. The first-order valence-corrected chi connectivity index (χ1v) is 7.16. The summed E-state index contributed by atoms with van der Waals surface area (Å²) in [5, 5.41) is 2.58. The highest BCUT2D eigenvalue weighted by Gasteiger charge is 2.21. The summed E-state index contributed by atoms with van der Waals surface area (Å²) < 4.78 is 5.07. The van der Waals surface area contributed by atoms with Crippen molar-refractivity contribution in [1.29, 1.82) is 0 Å². The summed E-state index contributed by atoms with van der Waals surface area (Å²) in [4.78, 5) is 23.6. The molecule has 0 bridgehead atoms.